The fraction of sp³-hybridized carbons (Fsp3) is 0.417. The second-order valence-corrected chi connectivity index (χ2v) is 5.21. The van der Waals surface area contributed by atoms with Crippen LogP contribution in [0, 0.1) is 0 Å². The summed E-state index contributed by atoms with van der Waals surface area (Å²) >= 11 is 0. The lowest BCUT2D eigenvalue weighted by Gasteiger charge is -2.27. The molecule has 0 aromatic carbocycles. The maximum atomic E-state index is 13.3. The molecule has 3 rings (SSSR count). The molecule has 11 nitrogen and oxygen atoms in total. The number of amides is 3. The van der Waals surface area contributed by atoms with Crippen molar-refractivity contribution >= 4 is 17.9 Å². The van der Waals surface area contributed by atoms with Gasteiger partial charge in [-0.2, -0.15) is 5.06 Å². The van der Waals surface area contributed by atoms with Crippen molar-refractivity contribution in [2.45, 2.75) is 25.4 Å². The number of halogens is 1. The van der Waals surface area contributed by atoms with E-state index in [0.717, 1.165) is 0 Å². The Bertz CT molecular complexity index is 748. The van der Waals surface area contributed by atoms with E-state index in [4.69, 9.17) is 15.3 Å². The maximum absolute atomic E-state index is 13.3. The molecule has 1 aromatic rings. The molecule has 24 heavy (non-hydrogen) atoms. The van der Waals surface area contributed by atoms with Gasteiger partial charge in [0.15, 0.2) is 0 Å². The molecule has 2 aliphatic heterocycles. The molecule has 0 saturated carbocycles. The Morgan fingerprint density at radius 1 is 1.54 bits per heavy atom. The number of rotatable bonds is 5. The lowest BCUT2D eigenvalue weighted by atomic mass is 10.0. The van der Waals surface area contributed by atoms with E-state index < -0.39 is 42.2 Å². The van der Waals surface area contributed by atoms with Gasteiger partial charge in [-0.1, -0.05) is 6.08 Å². The zero-order chi connectivity index (χ0) is 17.6. The summed E-state index contributed by atoms with van der Waals surface area (Å²) in [5, 5.41) is 16.4. The number of hydrogen-bond acceptors (Lipinski definition) is 7. The van der Waals surface area contributed by atoms with E-state index in [2.05, 4.69) is 15.0 Å². The van der Waals surface area contributed by atoms with Gasteiger partial charge in [0.1, 0.15) is 6.04 Å². The van der Waals surface area contributed by atoms with Gasteiger partial charge >= 0.3 is 30.2 Å². The summed E-state index contributed by atoms with van der Waals surface area (Å²) in [4.78, 5) is 39.8. The zero-order valence-corrected chi connectivity index (χ0v) is 12.2. The smallest absolute Gasteiger partial charge is 0.368 e. The molecule has 0 radical (unpaired) electrons. The third kappa shape index (κ3) is 2.46. The summed E-state index contributed by atoms with van der Waals surface area (Å²) in [7, 11) is 0. The van der Waals surface area contributed by atoms with Crippen molar-refractivity contribution < 1.29 is 33.1 Å². The Kier molecular flexibility index (Phi) is 3.67. The number of carboxylic acids is 1. The molecule has 2 aliphatic rings. The molecule has 1 aromatic heterocycles. The first-order valence-electron chi connectivity index (χ1n) is 6.74. The third-order valence-corrected chi connectivity index (χ3v) is 3.60. The number of hydrogen-bond donors (Lipinski definition) is 2. The van der Waals surface area contributed by atoms with Crippen LogP contribution in [0.25, 0.3) is 0 Å². The fourth-order valence-electron chi connectivity index (χ4n) is 2.64. The standard InChI is InChI=1S/C12H12FN5O6/c1-4-2-5-3-17(12(22)18(5)24-7(13)11(20)21)6(4)9-15-16-10(23-9)8(14)19/h2,5-7H,3H2,1H3,(H2,14,19)(H,20,21)/t5-,6-,7?/m0/s1. The highest BCUT2D eigenvalue weighted by molar-refractivity contribution is 5.87. The largest absolute Gasteiger partial charge is 0.477 e. The molecule has 0 spiro atoms. The van der Waals surface area contributed by atoms with Crippen molar-refractivity contribution in [2.24, 2.45) is 5.73 Å². The molecule has 3 atom stereocenters. The van der Waals surface area contributed by atoms with E-state index in [9.17, 15) is 18.8 Å². The highest BCUT2D eigenvalue weighted by atomic mass is 19.1. The molecule has 1 saturated heterocycles. The Labute approximate surface area is 133 Å². The Morgan fingerprint density at radius 3 is 2.83 bits per heavy atom. The zero-order valence-electron chi connectivity index (χ0n) is 12.2. The topological polar surface area (TPSA) is 152 Å². The van der Waals surface area contributed by atoms with E-state index in [0.29, 0.717) is 10.6 Å². The van der Waals surface area contributed by atoms with Crippen LogP contribution in [0.1, 0.15) is 29.5 Å². The molecular formula is C12H12FN5O6. The summed E-state index contributed by atoms with van der Waals surface area (Å²) in [5.74, 6) is -3.21. The second-order valence-electron chi connectivity index (χ2n) is 5.21. The van der Waals surface area contributed by atoms with E-state index >= 15 is 0 Å². The van der Waals surface area contributed by atoms with Gasteiger partial charge in [0.2, 0.25) is 5.89 Å². The first kappa shape index (κ1) is 15.9. The van der Waals surface area contributed by atoms with Crippen LogP contribution in [0.5, 0.6) is 0 Å². The lowest BCUT2D eigenvalue weighted by molar-refractivity contribution is -0.219. The van der Waals surface area contributed by atoms with Gasteiger partial charge < -0.3 is 20.2 Å². The van der Waals surface area contributed by atoms with Crippen LogP contribution in [0.4, 0.5) is 9.18 Å². The number of fused-ring (bicyclic) bond motifs is 2. The van der Waals surface area contributed by atoms with Crippen molar-refractivity contribution in [2.75, 3.05) is 6.54 Å². The number of primary amides is 1. The van der Waals surface area contributed by atoms with Crippen LogP contribution < -0.4 is 5.73 Å². The molecule has 128 valence electrons. The summed E-state index contributed by atoms with van der Waals surface area (Å²) in [6.45, 7) is 1.76. The maximum Gasteiger partial charge on any atom is 0.368 e. The van der Waals surface area contributed by atoms with Gasteiger partial charge in [0.25, 0.3) is 0 Å². The molecule has 1 fully saturated rings. The van der Waals surface area contributed by atoms with Gasteiger partial charge in [0, 0.05) is 0 Å². The number of carbonyl (C=O) groups is 3. The van der Waals surface area contributed by atoms with Crippen LogP contribution >= 0.6 is 0 Å². The van der Waals surface area contributed by atoms with E-state index in [-0.39, 0.29) is 12.4 Å². The Hall–Kier alpha value is -3.02. The molecule has 0 aliphatic carbocycles. The molecule has 3 N–H and O–H groups in total. The summed E-state index contributed by atoms with van der Waals surface area (Å²) in [6, 6.07) is -2.21. The number of urea groups is 1. The van der Waals surface area contributed by atoms with Gasteiger partial charge in [0.05, 0.1) is 12.6 Å². The van der Waals surface area contributed by atoms with E-state index in [1.165, 1.54) is 4.90 Å². The molecule has 3 heterocycles. The van der Waals surface area contributed by atoms with Crippen LogP contribution in [0.15, 0.2) is 16.1 Å². The lowest BCUT2D eigenvalue weighted by Crippen LogP contribution is -2.38. The summed E-state index contributed by atoms with van der Waals surface area (Å²) in [5.41, 5.74) is 5.65. The molecule has 1 unspecified atom stereocenters. The third-order valence-electron chi connectivity index (χ3n) is 3.60. The first-order valence-corrected chi connectivity index (χ1v) is 6.74. The summed E-state index contributed by atoms with van der Waals surface area (Å²) in [6.07, 6.45) is -1.08. The number of nitrogens with two attached hydrogens (primary N) is 1. The summed E-state index contributed by atoms with van der Waals surface area (Å²) < 4.78 is 18.4. The predicted octanol–water partition coefficient (Wildman–Crippen LogP) is -0.412. The van der Waals surface area contributed by atoms with E-state index in [1.54, 1.807) is 13.0 Å². The molecule has 3 amide bonds. The Morgan fingerprint density at radius 2 is 2.25 bits per heavy atom. The first-order chi connectivity index (χ1) is 11.3. The van der Waals surface area contributed by atoms with Crippen molar-refractivity contribution in [1.29, 1.82) is 0 Å². The van der Waals surface area contributed by atoms with Crippen LogP contribution in [-0.2, 0) is 9.63 Å². The van der Waals surface area contributed by atoms with Crippen LogP contribution in [0.2, 0.25) is 0 Å². The molecular weight excluding hydrogens is 329 g/mol. The SMILES string of the molecule is CC1=C[C@H]2CN(C(=O)N2OC(F)C(=O)O)[C@@H]1c1nnc(C(N)=O)o1. The highest BCUT2D eigenvalue weighted by Crippen LogP contribution is 2.38. The number of nitrogens with zero attached hydrogens (tertiary/aromatic N) is 4. The van der Waals surface area contributed by atoms with Crippen LogP contribution in [-0.4, -0.2) is 62.1 Å². The second kappa shape index (κ2) is 5.56. The van der Waals surface area contributed by atoms with E-state index in [1.807, 2.05) is 0 Å². The minimum absolute atomic E-state index is 0.0405. The van der Waals surface area contributed by atoms with Crippen LogP contribution in [0.3, 0.4) is 0 Å². The van der Waals surface area contributed by atoms with Crippen molar-refractivity contribution in [3.63, 3.8) is 0 Å². The number of alkyl halides is 1. The fourth-order valence-corrected chi connectivity index (χ4v) is 2.64. The average molecular weight is 341 g/mol. The van der Waals surface area contributed by atoms with Crippen molar-refractivity contribution in [1.82, 2.24) is 20.2 Å². The predicted molar refractivity (Wildman–Crippen MR) is 70.7 cm³/mol. The molecule has 2 bridgehead atoms. The number of hydroxylamine groups is 2. The minimum Gasteiger partial charge on any atom is -0.477 e. The quantitative estimate of drug-likeness (QED) is 0.685. The van der Waals surface area contributed by atoms with Crippen molar-refractivity contribution in [3.8, 4) is 0 Å². The number of carbonyl (C=O) groups excluding carboxylic acids is 2. The monoisotopic (exact) mass is 341 g/mol. The van der Waals surface area contributed by atoms with Gasteiger partial charge in [-0.15, -0.1) is 10.2 Å². The normalized spacial score (nSPS) is 24.1. The number of aromatic nitrogens is 2. The highest BCUT2D eigenvalue weighted by Gasteiger charge is 2.48. The number of aliphatic carboxylic acids is 1. The van der Waals surface area contributed by atoms with Crippen molar-refractivity contribution in [3.05, 3.63) is 23.4 Å². The van der Waals surface area contributed by atoms with Gasteiger partial charge in [-0.05, 0) is 12.5 Å². The molecule has 12 heteroatoms. The van der Waals surface area contributed by atoms with Gasteiger partial charge in [-0.25, -0.2) is 18.8 Å². The average Bonchev–Trinajstić information content (AvgIpc) is 3.08. The Balaban J connectivity index is 1.87. The number of carboxylic acid groups (broad SMARTS) is 1. The minimum atomic E-state index is -2.67. The van der Waals surface area contributed by atoms with Gasteiger partial charge in [-0.3, -0.25) is 4.79 Å².